The molecule has 1 amide bonds. The summed E-state index contributed by atoms with van der Waals surface area (Å²) in [4.78, 5) is 17.0. The molecule has 29 heavy (non-hydrogen) atoms. The fourth-order valence-corrected chi connectivity index (χ4v) is 3.88. The summed E-state index contributed by atoms with van der Waals surface area (Å²) in [6.07, 6.45) is 1.67. The van der Waals surface area contributed by atoms with Crippen molar-refractivity contribution in [1.82, 2.24) is 15.0 Å². The van der Waals surface area contributed by atoms with Crippen molar-refractivity contribution in [1.29, 1.82) is 0 Å². The Balaban J connectivity index is 1.74. The molecule has 3 aromatic rings. The van der Waals surface area contributed by atoms with E-state index in [4.69, 9.17) is 0 Å². The highest BCUT2D eigenvalue weighted by atomic mass is 32.2. The fourth-order valence-electron chi connectivity index (χ4n) is 2.83. The lowest BCUT2D eigenvalue weighted by Gasteiger charge is -2.12. The van der Waals surface area contributed by atoms with Crippen LogP contribution in [-0.2, 0) is 23.1 Å². The van der Waals surface area contributed by atoms with Gasteiger partial charge in [-0.2, -0.15) is 0 Å². The van der Waals surface area contributed by atoms with Crippen LogP contribution < -0.4 is 10.0 Å². The largest absolute Gasteiger partial charge is 0.346 e. The standard InChI is InChI=1S/C22H23N3O3S/c1-16-10-11-19(29(27,28)25-14-18-8-4-3-5-9-18)13-20(16)22(26)24-15-21-17(2)7-6-12-23-21/h3-13,25H,14-15H2,1-2H3,(H,24,26). The van der Waals surface area contributed by atoms with Gasteiger partial charge in [0.25, 0.3) is 5.91 Å². The van der Waals surface area contributed by atoms with Crippen molar-refractivity contribution in [2.24, 2.45) is 0 Å². The lowest BCUT2D eigenvalue weighted by atomic mass is 10.1. The summed E-state index contributed by atoms with van der Waals surface area (Å²) < 4.78 is 27.9. The van der Waals surface area contributed by atoms with Gasteiger partial charge in [-0.05, 0) is 48.7 Å². The van der Waals surface area contributed by atoms with Crippen LogP contribution in [0, 0.1) is 13.8 Å². The van der Waals surface area contributed by atoms with E-state index in [-0.39, 0.29) is 23.9 Å². The number of carbonyl (C=O) groups excluding carboxylic acids is 1. The summed E-state index contributed by atoms with van der Waals surface area (Å²) in [5.41, 5.74) is 3.62. The van der Waals surface area contributed by atoms with Gasteiger partial charge < -0.3 is 5.32 Å². The first kappa shape index (κ1) is 20.7. The molecule has 3 rings (SSSR count). The first-order valence-electron chi connectivity index (χ1n) is 9.20. The summed E-state index contributed by atoms with van der Waals surface area (Å²) in [6.45, 7) is 4.14. The minimum Gasteiger partial charge on any atom is -0.346 e. The zero-order chi connectivity index (χ0) is 20.9. The molecule has 0 aliphatic carbocycles. The van der Waals surface area contributed by atoms with Gasteiger partial charge in [0.1, 0.15) is 0 Å². The maximum Gasteiger partial charge on any atom is 0.251 e. The Morgan fingerprint density at radius 1 is 0.931 bits per heavy atom. The van der Waals surface area contributed by atoms with Crippen molar-refractivity contribution in [3.63, 3.8) is 0 Å². The van der Waals surface area contributed by atoms with Crippen LogP contribution in [0.5, 0.6) is 0 Å². The lowest BCUT2D eigenvalue weighted by Crippen LogP contribution is -2.26. The molecule has 0 saturated carbocycles. The van der Waals surface area contributed by atoms with Gasteiger partial charge in [-0.1, -0.05) is 42.5 Å². The van der Waals surface area contributed by atoms with E-state index in [1.165, 1.54) is 12.1 Å². The predicted molar refractivity (Wildman–Crippen MR) is 112 cm³/mol. The number of hydrogen-bond acceptors (Lipinski definition) is 4. The molecule has 0 saturated heterocycles. The van der Waals surface area contributed by atoms with Crippen LogP contribution in [0.3, 0.4) is 0 Å². The van der Waals surface area contributed by atoms with E-state index in [2.05, 4.69) is 15.0 Å². The summed E-state index contributed by atoms with van der Waals surface area (Å²) in [5, 5.41) is 2.82. The molecule has 2 N–H and O–H groups in total. The van der Waals surface area contributed by atoms with Crippen molar-refractivity contribution in [2.75, 3.05) is 0 Å². The molecular formula is C22H23N3O3S. The number of rotatable bonds is 7. The minimum atomic E-state index is -3.75. The molecule has 6 nitrogen and oxygen atoms in total. The molecule has 0 fully saturated rings. The van der Waals surface area contributed by atoms with Crippen LogP contribution in [-0.4, -0.2) is 19.3 Å². The zero-order valence-corrected chi connectivity index (χ0v) is 17.2. The van der Waals surface area contributed by atoms with Crippen LogP contribution in [0.25, 0.3) is 0 Å². The molecule has 0 atom stereocenters. The van der Waals surface area contributed by atoms with Crippen LogP contribution >= 0.6 is 0 Å². The van der Waals surface area contributed by atoms with E-state index < -0.39 is 10.0 Å². The average molecular weight is 410 g/mol. The molecule has 1 heterocycles. The normalized spacial score (nSPS) is 11.2. The molecule has 2 aromatic carbocycles. The third-order valence-corrected chi connectivity index (χ3v) is 6.01. The summed E-state index contributed by atoms with van der Waals surface area (Å²) in [5.74, 6) is -0.340. The number of aromatic nitrogens is 1. The summed E-state index contributed by atoms with van der Waals surface area (Å²) in [7, 11) is -3.75. The van der Waals surface area contributed by atoms with Gasteiger partial charge in [0, 0.05) is 18.3 Å². The Morgan fingerprint density at radius 3 is 2.41 bits per heavy atom. The van der Waals surface area contributed by atoms with E-state index in [0.717, 1.165) is 16.8 Å². The predicted octanol–water partition coefficient (Wildman–Crippen LogP) is 3.11. The minimum absolute atomic E-state index is 0.0539. The Morgan fingerprint density at radius 2 is 1.69 bits per heavy atom. The Labute approximate surface area is 171 Å². The van der Waals surface area contributed by atoms with E-state index in [0.29, 0.717) is 11.1 Å². The van der Waals surface area contributed by atoms with Crippen LogP contribution in [0.1, 0.15) is 32.7 Å². The third-order valence-electron chi connectivity index (χ3n) is 4.61. The fraction of sp³-hybridized carbons (Fsp3) is 0.182. The van der Waals surface area contributed by atoms with Crippen molar-refractivity contribution in [2.45, 2.75) is 31.8 Å². The van der Waals surface area contributed by atoms with Crippen molar-refractivity contribution < 1.29 is 13.2 Å². The van der Waals surface area contributed by atoms with Gasteiger partial charge >= 0.3 is 0 Å². The molecule has 0 spiro atoms. The number of pyridine rings is 1. The molecule has 1 aromatic heterocycles. The SMILES string of the molecule is Cc1ccc(S(=O)(=O)NCc2ccccc2)cc1C(=O)NCc1ncccc1C. The highest BCUT2D eigenvalue weighted by Crippen LogP contribution is 2.16. The molecule has 0 aliphatic heterocycles. The topological polar surface area (TPSA) is 88.2 Å². The number of sulfonamides is 1. The summed E-state index contributed by atoms with van der Waals surface area (Å²) >= 11 is 0. The molecule has 7 heteroatoms. The quantitative estimate of drug-likeness (QED) is 0.628. The molecule has 0 aliphatic rings. The number of hydrogen-bond donors (Lipinski definition) is 2. The molecule has 0 bridgehead atoms. The number of nitrogens with one attached hydrogen (secondary N) is 2. The number of benzene rings is 2. The maximum atomic E-state index is 12.7. The number of carbonyl (C=O) groups is 1. The highest BCUT2D eigenvalue weighted by molar-refractivity contribution is 7.89. The second-order valence-corrected chi connectivity index (χ2v) is 8.50. The van der Waals surface area contributed by atoms with Gasteiger partial charge in [0.2, 0.25) is 10.0 Å². The van der Waals surface area contributed by atoms with E-state index in [1.807, 2.05) is 49.4 Å². The van der Waals surface area contributed by atoms with E-state index in [1.54, 1.807) is 19.2 Å². The van der Waals surface area contributed by atoms with Gasteiger partial charge in [-0.15, -0.1) is 0 Å². The highest BCUT2D eigenvalue weighted by Gasteiger charge is 2.18. The Hall–Kier alpha value is -3.03. The third kappa shape index (κ3) is 5.28. The Kier molecular flexibility index (Phi) is 6.41. The molecule has 0 radical (unpaired) electrons. The van der Waals surface area contributed by atoms with Crippen molar-refractivity contribution >= 4 is 15.9 Å². The smallest absolute Gasteiger partial charge is 0.251 e. The van der Waals surface area contributed by atoms with E-state index >= 15 is 0 Å². The first-order valence-corrected chi connectivity index (χ1v) is 10.7. The molecule has 0 unspecified atom stereocenters. The second-order valence-electron chi connectivity index (χ2n) is 6.74. The average Bonchev–Trinajstić information content (AvgIpc) is 2.72. The lowest BCUT2D eigenvalue weighted by molar-refractivity contribution is 0.0949. The maximum absolute atomic E-state index is 12.7. The van der Waals surface area contributed by atoms with Gasteiger partial charge in [-0.3, -0.25) is 9.78 Å². The molecular weight excluding hydrogens is 386 g/mol. The van der Waals surface area contributed by atoms with E-state index in [9.17, 15) is 13.2 Å². The van der Waals surface area contributed by atoms with Crippen molar-refractivity contribution in [3.05, 3.63) is 94.8 Å². The monoisotopic (exact) mass is 409 g/mol. The number of nitrogens with zero attached hydrogens (tertiary/aromatic N) is 1. The number of amides is 1. The van der Waals surface area contributed by atoms with Gasteiger partial charge in [0.15, 0.2) is 0 Å². The number of aryl methyl sites for hydroxylation is 2. The molecule has 150 valence electrons. The first-order chi connectivity index (χ1) is 13.9. The summed E-state index contributed by atoms with van der Waals surface area (Å²) in [6, 6.07) is 17.6. The Bertz CT molecular complexity index is 1110. The van der Waals surface area contributed by atoms with Gasteiger partial charge in [-0.25, -0.2) is 13.1 Å². The zero-order valence-electron chi connectivity index (χ0n) is 16.3. The van der Waals surface area contributed by atoms with Crippen LogP contribution in [0.2, 0.25) is 0 Å². The van der Waals surface area contributed by atoms with Crippen LogP contribution in [0.15, 0.2) is 71.8 Å². The van der Waals surface area contributed by atoms with Crippen molar-refractivity contribution in [3.8, 4) is 0 Å². The second kappa shape index (κ2) is 8.98. The van der Waals surface area contributed by atoms with Crippen LogP contribution in [0.4, 0.5) is 0 Å². The van der Waals surface area contributed by atoms with Gasteiger partial charge in [0.05, 0.1) is 17.1 Å².